The van der Waals surface area contributed by atoms with Gasteiger partial charge in [-0.05, 0) is 6.92 Å². The minimum Gasteiger partial charge on any atom is -0.394 e. The van der Waals surface area contributed by atoms with Crippen molar-refractivity contribution in [1.82, 2.24) is 9.55 Å². The van der Waals surface area contributed by atoms with E-state index in [1.165, 1.54) is 6.92 Å². The molecule has 1 heterocycles. The van der Waals surface area contributed by atoms with E-state index in [0.717, 1.165) is 10.6 Å². The molecule has 1 aromatic heterocycles. The van der Waals surface area contributed by atoms with Gasteiger partial charge >= 0.3 is 5.69 Å². The number of nitrogen functional groups attached to an aromatic ring is 1. The second-order valence-corrected chi connectivity index (χ2v) is 3.94. The van der Waals surface area contributed by atoms with E-state index in [4.69, 9.17) is 20.7 Å². The Morgan fingerprint density at radius 3 is 2.53 bits per heavy atom. The van der Waals surface area contributed by atoms with Gasteiger partial charge < -0.3 is 25.8 Å². The molecule has 0 amide bonds. The van der Waals surface area contributed by atoms with E-state index < -0.39 is 42.9 Å². The summed E-state index contributed by atoms with van der Waals surface area (Å²) in [7, 11) is 0. The fraction of sp³-hybridized carbons (Fsp3) is 0.600. The van der Waals surface area contributed by atoms with Gasteiger partial charge in [0.25, 0.3) is 5.56 Å². The fourth-order valence-electron chi connectivity index (χ4n) is 1.58. The minimum atomic E-state index is -1.30. The number of hydrogen-bond donors (Lipinski definition) is 5. The zero-order chi connectivity index (χ0) is 14.6. The standard InChI is InChI=1S/C10H17N3O6/c1-5(19-7(4-15)6(16)3-14)13-8(11)2-9(17)12-10(13)18/h2,5-7,14-16H,3-4,11H2,1H3,(H,12,17,18)/t5?,6-,7-/m1/s1. The van der Waals surface area contributed by atoms with E-state index in [2.05, 4.69) is 0 Å². The van der Waals surface area contributed by atoms with Crippen LogP contribution < -0.4 is 17.0 Å². The molecule has 0 aliphatic heterocycles. The Balaban J connectivity index is 2.98. The maximum Gasteiger partial charge on any atom is 0.332 e. The second kappa shape index (κ2) is 6.48. The quantitative estimate of drug-likeness (QED) is 0.381. The van der Waals surface area contributed by atoms with Gasteiger partial charge in [-0.3, -0.25) is 14.3 Å². The number of ether oxygens (including phenoxy) is 1. The first kappa shape index (κ1) is 15.4. The Hall–Kier alpha value is -1.68. The maximum atomic E-state index is 11.6. The summed E-state index contributed by atoms with van der Waals surface area (Å²) in [4.78, 5) is 24.6. The number of nitrogens with zero attached hydrogens (tertiary/aromatic N) is 1. The van der Waals surface area contributed by atoms with Gasteiger partial charge in [-0.25, -0.2) is 4.79 Å². The van der Waals surface area contributed by atoms with Crippen LogP contribution in [0.1, 0.15) is 13.2 Å². The molecule has 0 saturated heterocycles. The molecule has 9 nitrogen and oxygen atoms in total. The Morgan fingerprint density at radius 2 is 2.05 bits per heavy atom. The van der Waals surface area contributed by atoms with E-state index in [0.29, 0.717) is 0 Å². The molecule has 1 unspecified atom stereocenters. The van der Waals surface area contributed by atoms with Crippen molar-refractivity contribution in [2.24, 2.45) is 0 Å². The first-order valence-electron chi connectivity index (χ1n) is 5.57. The summed E-state index contributed by atoms with van der Waals surface area (Å²) in [5.41, 5.74) is 4.13. The van der Waals surface area contributed by atoms with Crippen LogP contribution in [-0.4, -0.2) is 50.3 Å². The molecule has 0 aliphatic rings. The molecule has 0 spiro atoms. The Labute approximate surface area is 107 Å². The predicted molar refractivity (Wildman–Crippen MR) is 65.5 cm³/mol. The molecule has 0 fully saturated rings. The number of aromatic nitrogens is 2. The van der Waals surface area contributed by atoms with Crippen molar-refractivity contribution >= 4 is 5.82 Å². The molecule has 0 saturated carbocycles. The van der Waals surface area contributed by atoms with Gasteiger partial charge in [0.1, 0.15) is 24.3 Å². The summed E-state index contributed by atoms with van der Waals surface area (Å²) in [5.74, 6) is -0.114. The van der Waals surface area contributed by atoms with Crippen LogP contribution in [0.3, 0.4) is 0 Å². The van der Waals surface area contributed by atoms with Gasteiger partial charge in [-0.2, -0.15) is 0 Å². The van der Waals surface area contributed by atoms with Crippen molar-refractivity contribution in [1.29, 1.82) is 0 Å². The lowest BCUT2D eigenvalue weighted by Crippen LogP contribution is -2.40. The lowest BCUT2D eigenvalue weighted by atomic mass is 10.2. The van der Waals surface area contributed by atoms with Crippen LogP contribution in [0.15, 0.2) is 15.7 Å². The SMILES string of the molecule is CC(O[C@H](CO)[C@H](O)CO)n1c(N)cc(=O)[nH]c1=O. The maximum absolute atomic E-state index is 11.6. The van der Waals surface area contributed by atoms with E-state index in [1.807, 2.05) is 4.98 Å². The third kappa shape index (κ3) is 3.64. The lowest BCUT2D eigenvalue weighted by molar-refractivity contribution is -0.127. The average molecular weight is 275 g/mol. The molecule has 3 atom stereocenters. The highest BCUT2D eigenvalue weighted by Gasteiger charge is 2.23. The van der Waals surface area contributed by atoms with Gasteiger partial charge in [0, 0.05) is 6.07 Å². The highest BCUT2D eigenvalue weighted by Crippen LogP contribution is 2.13. The molecule has 0 aliphatic carbocycles. The summed E-state index contributed by atoms with van der Waals surface area (Å²) in [6.45, 7) is 0.293. The van der Waals surface area contributed by atoms with Crippen molar-refractivity contribution in [3.05, 3.63) is 26.9 Å². The Morgan fingerprint density at radius 1 is 1.42 bits per heavy atom. The summed E-state index contributed by atoms with van der Waals surface area (Å²) in [6.07, 6.45) is -3.33. The Kier molecular flexibility index (Phi) is 5.24. The summed E-state index contributed by atoms with van der Waals surface area (Å²) in [5, 5.41) is 27.2. The van der Waals surface area contributed by atoms with Gasteiger partial charge in [-0.15, -0.1) is 0 Å². The normalized spacial score (nSPS) is 16.0. The van der Waals surface area contributed by atoms with Crippen LogP contribution >= 0.6 is 0 Å². The molecule has 1 rings (SSSR count). The smallest absolute Gasteiger partial charge is 0.332 e. The molecule has 9 heteroatoms. The lowest BCUT2D eigenvalue weighted by Gasteiger charge is -2.25. The molecule has 108 valence electrons. The first-order valence-corrected chi connectivity index (χ1v) is 5.57. The van der Waals surface area contributed by atoms with Crippen molar-refractivity contribution in [3.8, 4) is 0 Å². The second-order valence-electron chi connectivity index (χ2n) is 3.94. The van der Waals surface area contributed by atoms with Crippen molar-refractivity contribution in [2.45, 2.75) is 25.4 Å². The largest absolute Gasteiger partial charge is 0.394 e. The number of anilines is 1. The summed E-state index contributed by atoms with van der Waals surface area (Å²) in [6, 6.07) is 1.01. The van der Waals surface area contributed by atoms with Gasteiger partial charge in [0.15, 0.2) is 0 Å². The van der Waals surface area contributed by atoms with Crippen molar-refractivity contribution in [3.63, 3.8) is 0 Å². The van der Waals surface area contributed by atoms with Crippen LogP contribution in [0.2, 0.25) is 0 Å². The summed E-state index contributed by atoms with van der Waals surface area (Å²) >= 11 is 0. The van der Waals surface area contributed by atoms with E-state index >= 15 is 0 Å². The third-order valence-corrected chi connectivity index (χ3v) is 2.54. The fourth-order valence-corrected chi connectivity index (χ4v) is 1.58. The highest BCUT2D eigenvalue weighted by molar-refractivity contribution is 5.26. The molecule has 0 aromatic carbocycles. The van der Waals surface area contributed by atoms with Gasteiger partial charge in [0.05, 0.1) is 13.2 Å². The number of H-pyrrole nitrogens is 1. The van der Waals surface area contributed by atoms with Crippen LogP contribution in [0.4, 0.5) is 5.82 Å². The van der Waals surface area contributed by atoms with Crippen molar-refractivity contribution < 1.29 is 20.1 Å². The molecule has 0 bridgehead atoms. The Bertz CT molecular complexity index is 525. The molecular formula is C10H17N3O6. The number of aliphatic hydroxyl groups is 3. The van der Waals surface area contributed by atoms with E-state index in [1.54, 1.807) is 0 Å². The van der Waals surface area contributed by atoms with Crippen LogP contribution in [0.25, 0.3) is 0 Å². The molecule has 0 radical (unpaired) electrons. The number of hydrogen-bond acceptors (Lipinski definition) is 7. The number of aromatic amines is 1. The number of nitrogens with two attached hydrogens (primary N) is 1. The van der Waals surface area contributed by atoms with E-state index in [9.17, 15) is 14.7 Å². The van der Waals surface area contributed by atoms with Crippen LogP contribution in [0.5, 0.6) is 0 Å². The first-order chi connectivity index (χ1) is 8.90. The zero-order valence-corrected chi connectivity index (χ0v) is 10.3. The van der Waals surface area contributed by atoms with Crippen LogP contribution in [-0.2, 0) is 4.74 Å². The average Bonchev–Trinajstić information content (AvgIpc) is 2.33. The molecular weight excluding hydrogens is 258 g/mol. The number of rotatable bonds is 6. The number of aliphatic hydroxyl groups excluding tert-OH is 3. The monoisotopic (exact) mass is 275 g/mol. The summed E-state index contributed by atoms with van der Waals surface area (Å²) < 4.78 is 6.19. The topological polar surface area (TPSA) is 151 Å². The van der Waals surface area contributed by atoms with E-state index in [-0.39, 0.29) is 5.82 Å². The van der Waals surface area contributed by atoms with Gasteiger partial charge in [-0.1, -0.05) is 0 Å². The van der Waals surface area contributed by atoms with Crippen LogP contribution in [0, 0.1) is 0 Å². The van der Waals surface area contributed by atoms with Gasteiger partial charge in [0.2, 0.25) is 0 Å². The molecule has 6 N–H and O–H groups in total. The molecule has 1 aromatic rings. The third-order valence-electron chi connectivity index (χ3n) is 2.54. The zero-order valence-electron chi connectivity index (χ0n) is 10.3. The highest BCUT2D eigenvalue weighted by atomic mass is 16.5. The number of nitrogens with one attached hydrogen (secondary N) is 1. The predicted octanol–water partition coefficient (Wildman–Crippen LogP) is -2.63. The minimum absolute atomic E-state index is 0.114. The van der Waals surface area contributed by atoms with Crippen molar-refractivity contribution in [2.75, 3.05) is 18.9 Å². The molecule has 19 heavy (non-hydrogen) atoms.